The van der Waals surface area contributed by atoms with E-state index in [1.807, 2.05) is 0 Å². The number of nitrogens with zero attached hydrogens (tertiary/aromatic N) is 1. The van der Waals surface area contributed by atoms with Crippen molar-refractivity contribution in [2.75, 3.05) is 0 Å². The molecular weight excluding hydrogens is 380 g/mol. The largest absolute Gasteiger partial charge is 0.481 e. The van der Waals surface area contributed by atoms with E-state index >= 15 is 0 Å². The van der Waals surface area contributed by atoms with Crippen LogP contribution in [-0.2, 0) is 9.53 Å². The van der Waals surface area contributed by atoms with Crippen molar-refractivity contribution >= 4 is 23.7 Å². The van der Waals surface area contributed by atoms with Gasteiger partial charge in [0.1, 0.15) is 23.2 Å². The number of rotatable bonds is 3. The highest BCUT2D eigenvalue weighted by molar-refractivity contribution is 6.30. The molecule has 1 fully saturated rings. The molecule has 0 aromatic heterocycles. The third-order valence-corrected chi connectivity index (χ3v) is 4.94. The molecule has 0 spiro atoms. The molecule has 1 amide bonds. The average molecular weight is 404 g/mol. The predicted molar refractivity (Wildman–Crippen MR) is 96.9 cm³/mol. The topological polar surface area (TPSA) is 66.8 Å². The predicted octanol–water partition coefficient (Wildman–Crippen LogP) is 4.96. The summed E-state index contributed by atoms with van der Waals surface area (Å²) in [4.78, 5) is 26.1. The second-order valence-corrected chi connectivity index (χ2v) is 8.78. The molecular formula is C19H24ClF2NO4. The minimum Gasteiger partial charge on any atom is -0.481 e. The molecule has 27 heavy (non-hydrogen) atoms. The second-order valence-electron chi connectivity index (χ2n) is 8.37. The van der Waals surface area contributed by atoms with Crippen LogP contribution in [0, 0.1) is 11.6 Å². The molecule has 1 heterocycles. The zero-order valence-corrected chi connectivity index (χ0v) is 16.7. The molecule has 150 valence electrons. The number of carbonyl (C=O) groups excluding carboxylic acids is 1. The van der Waals surface area contributed by atoms with E-state index in [1.165, 1.54) is 4.90 Å². The second kappa shape index (κ2) is 7.26. The maximum Gasteiger partial charge on any atom is 0.411 e. The number of aliphatic carboxylic acids is 1. The normalized spacial score (nSPS) is 20.4. The fourth-order valence-electron chi connectivity index (χ4n) is 3.49. The Morgan fingerprint density at radius 1 is 1.30 bits per heavy atom. The molecule has 1 aliphatic heterocycles. The third-order valence-electron chi connectivity index (χ3n) is 4.65. The van der Waals surface area contributed by atoms with Gasteiger partial charge in [-0.25, -0.2) is 13.6 Å². The zero-order chi connectivity index (χ0) is 20.7. The number of benzene rings is 1. The lowest BCUT2D eigenvalue weighted by Crippen LogP contribution is -2.51. The lowest BCUT2D eigenvalue weighted by Gasteiger charge is -2.39. The van der Waals surface area contributed by atoms with E-state index in [9.17, 15) is 23.5 Å². The first-order valence-corrected chi connectivity index (χ1v) is 9.02. The number of hydrogen-bond donors (Lipinski definition) is 1. The van der Waals surface area contributed by atoms with Crippen molar-refractivity contribution in [1.82, 2.24) is 4.90 Å². The molecule has 8 heteroatoms. The van der Waals surface area contributed by atoms with Gasteiger partial charge in [0.15, 0.2) is 0 Å². The number of carbonyl (C=O) groups is 2. The summed E-state index contributed by atoms with van der Waals surface area (Å²) in [5, 5.41) is 9.34. The van der Waals surface area contributed by atoms with Gasteiger partial charge in [0.2, 0.25) is 0 Å². The minimum absolute atomic E-state index is 0.312. The lowest BCUT2D eigenvalue weighted by molar-refractivity contribution is -0.140. The molecule has 0 bridgehead atoms. The van der Waals surface area contributed by atoms with Crippen LogP contribution < -0.4 is 0 Å². The molecule has 1 saturated heterocycles. The Bertz CT molecular complexity index is 761. The Kier molecular flexibility index (Phi) is 5.76. The molecule has 1 N–H and O–H groups in total. The van der Waals surface area contributed by atoms with Gasteiger partial charge in [0, 0.05) is 11.1 Å². The van der Waals surface area contributed by atoms with Crippen LogP contribution in [0.1, 0.15) is 58.9 Å². The van der Waals surface area contributed by atoms with Crippen LogP contribution in [0.15, 0.2) is 12.1 Å². The summed E-state index contributed by atoms with van der Waals surface area (Å²) in [7, 11) is 0. The summed E-state index contributed by atoms with van der Waals surface area (Å²) in [6, 6.07) is 0.650. The number of hydrogen-bond acceptors (Lipinski definition) is 3. The number of carboxylic acids is 1. The van der Waals surface area contributed by atoms with E-state index in [4.69, 9.17) is 16.3 Å². The van der Waals surface area contributed by atoms with Crippen LogP contribution in [0.2, 0.25) is 5.02 Å². The monoisotopic (exact) mass is 403 g/mol. The van der Waals surface area contributed by atoms with E-state index < -0.39 is 51.8 Å². The number of carboxylic acid groups (broad SMARTS) is 1. The highest BCUT2D eigenvalue weighted by atomic mass is 35.5. The quantitative estimate of drug-likeness (QED) is 0.724. The minimum atomic E-state index is -1.45. The van der Waals surface area contributed by atoms with Crippen LogP contribution in [0.4, 0.5) is 13.6 Å². The first kappa shape index (κ1) is 21.4. The van der Waals surface area contributed by atoms with Crippen molar-refractivity contribution in [1.29, 1.82) is 0 Å². The Labute approximate surface area is 162 Å². The molecule has 1 unspecified atom stereocenters. The summed E-state index contributed by atoms with van der Waals surface area (Å²) in [5.74, 6) is -4.65. The summed E-state index contributed by atoms with van der Waals surface area (Å²) < 4.78 is 33.8. The fraction of sp³-hybridized carbons (Fsp3) is 0.579. The molecule has 2 rings (SSSR count). The van der Waals surface area contributed by atoms with Crippen LogP contribution in [0.5, 0.6) is 0 Å². The van der Waals surface area contributed by atoms with E-state index in [0.717, 1.165) is 12.1 Å². The highest BCUT2D eigenvalue weighted by Gasteiger charge is 2.50. The summed E-state index contributed by atoms with van der Waals surface area (Å²) in [6.45, 7) is 8.67. The van der Waals surface area contributed by atoms with Gasteiger partial charge in [-0.3, -0.25) is 9.69 Å². The van der Waals surface area contributed by atoms with Crippen molar-refractivity contribution < 1.29 is 28.2 Å². The summed E-state index contributed by atoms with van der Waals surface area (Å²) in [6.07, 6.45) is 0.127. The van der Waals surface area contributed by atoms with Gasteiger partial charge in [0.25, 0.3) is 0 Å². The number of likely N-dealkylation sites (tertiary alicyclic amines) is 1. The smallest absolute Gasteiger partial charge is 0.411 e. The average Bonchev–Trinajstić information content (AvgIpc) is 2.78. The summed E-state index contributed by atoms with van der Waals surface area (Å²) in [5.41, 5.74) is -1.82. The number of amides is 1. The fourth-order valence-corrected chi connectivity index (χ4v) is 3.64. The molecule has 1 aromatic carbocycles. The van der Waals surface area contributed by atoms with Gasteiger partial charge >= 0.3 is 12.1 Å². The molecule has 1 aliphatic rings. The van der Waals surface area contributed by atoms with Crippen LogP contribution in [0.25, 0.3) is 0 Å². The van der Waals surface area contributed by atoms with E-state index in [-0.39, 0.29) is 5.56 Å². The molecule has 5 nitrogen and oxygen atoms in total. The van der Waals surface area contributed by atoms with E-state index in [2.05, 4.69) is 0 Å². The third kappa shape index (κ3) is 4.51. The Morgan fingerprint density at radius 2 is 1.89 bits per heavy atom. The number of ether oxygens (including phenoxy) is 1. The molecule has 0 aliphatic carbocycles. The first-order chi connectivity index (χ1) is 12.2. The van der Waals surface area contributed by atoms with Crippen molar-refractivity contribution in [2.24, 2.45) is 0 Å². The van der Waals surface area contributed by atoms with Gasteiger partial charge in [0.05, 0.1) is 11.1 Å². The zero-order valence-electron chi connectivity index (χ0n) is 16.0. The van der Waals surface area contributed by atoms with Gasteiger partial charge < -0.3 is 9.84 Å². The van der Waals surface area contributed by atoms with Crippen LogP contribution >= 0.6 is 11.6 Å². The van der Waals surface area contributed by atoms with Crippen molar-refractivity contribution in [3.63, 3.8) is 0 Å². The Balaban J connectivity index is 2.51. The standard InChI is InChI=1S/C19H24ClF2NO4/c1-18(2,3)27-17(26)23-14(6-7-19(23,4)5)15(16(24)25)10-8-13(22)11(20)9-12(10)21/h8-9,14-15H,6-7H2,1-5H3,(H,24,25)/t14-,15?/m0/s1. The maximum atomic E-state index is 14.4. The van der Waals surface area contributed by atoms with Gasteiger partial charge in [-0.05, 0) is 59.6 Å². The highest BCUT2D eigenvalue weighted by Crippen LogP contribution is 2.42. The molecule has 2 atom stereocenters. The van der Waals surface area contributed by atoms with Gasteiger partial charge in [-0.2, -0.15) is 0 Å². The molecule has 0 radical (unpaired) electrons. The Morgan fingerprint density at radius 3 is 2.41 bits per heavy atom. The maximum absolute atomic E-state index is 14.4. The Hall–Kier alpha value is -1.89. The van der Waals surface area contributed by atoms with Crippen LogP contribution in [-0.4, -0.2) is 39.3 Å². The number of halogens is 3. The van der Waals surface area contributed by atoms with E-state index in [1.54, 1.807) is 34.6 Å². The van der Waals surface area contributed by atoms with Crippen LogP contribution in [0.3, 0.4) is 0 Å². The SMILES string of the molecule is CC(C)(C)OC(=O)N1[C@H](C(C(=O)O)c2cc(F)c(Cl)cc2F)CCC1(C)C. The summed E-state index contributed by atoms with van der Waals surface area (Å²) >= 11 is 5.58. The van der Waals surface area contributed by atoms with Crippen molar-refractivity contribution in [2.45, 2.75) is 70.6 Å². The lowest BCUT2D eigenvalue weighted by atomic mass is 9.89. The van der Waals surface area contributed by atoms with Crippen molar-refractivity contribution in [3.05, 3.63) is 34.4 Å². The first-order valence-electron chi connectivity index (χ1n) is 8.64. The van der Waals surface area contributed by atoms with Gasteiger partial charge in [-0.15, -0.1) is 0 Å². The molecule has 1 aromatic rings. The molecule has 0 saturated carbocycles. The van der Waals surface area contributed by atoms with E-state index in [0.29, 0.717) is 12.8 Å². The van der Waals surface area contributed by atoms with Crippen molar-refractivity contribution in [3.8, 4) is 0 Å². The van der Waals surface area contributed by atoms with Gasteiger partial charge in [-0.1, -0.05) is 11.6 Å².